The van der Waals surface area contributed by atoms with Crippen LogP contribution in [0.5, 0.6) is 0 Å². The number of hydrogen-bond acceptors (Lipinski definition) is 2. The van der Waals surface area contributed by atoms with E-state index >= 15 is 0 Å². The smallest absolute Gasteiger partial charge is 0.0791 e. The second kappa shape index (κ2) is 5.81. The molecule has 0 atom stereocenters. The highest BCUT2D eigenvalue weighted by Gasteiger charge is 2.07. The highest BCUT2D eigenvalue weighted by molar-refractivity contribution is 5.95. The molecule has 0 amide bonds. The lowest BCUT2D eigenvalue weighted by molar-refractivity contribution is 1.43. The van der Waals surface area contributed by atoms with Gasteiger partial charge in [0, 0.05) is 30.6 Å². The first-order chi connectivity index (χ1) is 7.78. The van der Waals surface area contributed by atoms with Crippen LogP contribution in [-0.4, -0.2) is 19.5 Å². The van der Waals surface area contributed by atoms with Gasteiger partial charge in [0.05, 0.1) is 5.69 Å². The molecule has 0 saturated carbocycles. The van der Waals surface area contributed by atoms with Crippen LogP contribution in [0.25, 0.3) is 12.2 Å². The second-order valence-electron chi connectivity index (χ2n) is 3.19. The fourth-order valence-corrected chi connectivity index (χ4v) is 1.52. The molecule has 0 heterocycles. The van der Waals surface area contributed by atoms with Crippen molar-refractivity contribution in [3.63, 3.8) is 0 Å². The quantitative estimate of drug-likeness (QED) is 0.679. The van der Waals surface area contributed by atoms with Crippen LogP contribution < -0.4 is 0 Å². The fraction of sp³-hybridized carbons (Fsp3) is 0.143. The Morgan fingerprint density at radius 3 is 2.25 bits per heavy atom. The van der Waals surface area contributed by atoms with Crippen LogP contribution in [0.1, 0.15) is 23.6 Å². The highest BCUT2D eigenvalue weighted by atomic mass is 14.7. The van der Waals surface area contributed by atoms with E-state index in [-0.39, 0.29) is 0 Å². The van der Waals surface area contributed by atoms with Crippen molar-refractivity contribution < 1.29 is 0 Å². The summed E-state index contributed by atoms with van der Waals surface area (Å²) in [6.07, 6.45) is 7.16. The Labute approximate surface area is 96.8 Å². The Morgan fingerprint density at radius 1 is 1.12 bits per heavy atom. The van der Waals surface area contributed by atoms with Crippen molar-refractivity contribution in [2.45, 2.75) is 6.92 Å². The monoisotopic (exact) mass is 212 g/mol. The number of nitrogens with zero attached hydrogens (tertiary/aromatic N) is 2. The van der Waals surface area contributed by atoms with Gasteiger partial charge in [-0.1, -0.05) is 37.4 Å². The zero-order valence-corrected chi connectivity index (χ0v) is 9.77. The Hall–Kier alpha value is -1.96. The molecule has 0 radical (unpaired) electrons. The lowest BCUT2D eigenvalue weighted by Gasteiger charge is -2.08. The SMILES string of the molecule is C=Cc1ccc(C=C)c(/N=C\C)c1/C=N\C. The van der Waals surface area contributed by atoms with Crippen LogP contribution in [0, 0.1) is 0 Å². The van der Waals surface area contributed by atoms with Gasteiger partial charge in [0.15, 0.2) is 0 Å². The van der Waals surface area contributed by atoms with E-state index in [1.807, 2.05) is 19.1 Å². The molecule has 0 fully saturated rings. The summed E-state index contributed by atoms with van der Waals surface area (Å²) >= 11 is 0. The first-order valence-electron chi connectivity index (χ1n) is 5.11. The van der Waals surface area contributed by atoms with Gasteiger partial charge in [0.2, 0.25) is 0 Å². The molecular weight excluding hydrogens is 196 g/mol. The Kier molecular flexibility index (Phi) is 4.40. The Bertz CT molecular complexity index is 411. The average Bonchev–Trinajstić information content (AvgIpc) is 2.31. The number of rotatable bonds is 4. The van der Waals surface area contributed by atoms with E-state index in [4.69, 9.17) is 0 Å². The summed E-state index contributed by atoms with van der Waals surface area (Å²) in [6.45, 7) is 9.47. The molecule has 0 unspecified atom stereocenters. The summed E-state index contributed by atoms with van der Waals surface area (Å²) < 4.78 is 0. The summed E-state index contributed by atoms with van der Waals surface area (Å²) in [7, 11) is 1.74. The van der Waals surface area contributed by atoms with Crippen molar-refractivity contribution in [3.05, 3.63) is 42.0 Å². The van der Waals surface area contributed by atoms with Crippen molar-refractivity contribution in [1.29, 1.82) is 0 Å². The minimum absolute atomic E-state index is 0.889. The predicted octanol–water partition coefficient (Wildman–Crippen LogP) is 3.74. The maximum absolute atomic E-state index is 4.37. The van der Waals surface area contributed by atoms with Crippen LogP contribution in [0.15, 0.2) is 35.3 Å². The topological polar surface area (TPSA) is 24.7 Å². The molecule has 0 aliphatic carbocycles. The van der Waals surface area contributed by atoms with Crippen molar-refractivity contribution in [3.8, 4) is 0 Å². The van der Waals surface area contributed by atoms with E-state index in [2.05, 4.69) is 23.1 Å². The zero-order valence-electron chi connectivity index (χ0n) is 9.77. The molecule has 82 valence electrons. The van der Waals surface area contributed by atoms with Gasteiger partial charge in [0.1, 0.15) is 0 Å². The van der Waals surface area contributed by atoms with Crippen molar-refractivity contribution in [1.82, 2.24) is 0 Å². The zero-order chi connectivity index (χ0) is 12.0. The van der Waals surface area contributed by atoms with Gasteiger partial charge in [-0.05, 0) is 12.5 Å². The first kappa shape index (κ1) is 12.1. The molecule has 0 N–H and O–H groups in total. The summed E-state index contributed by atoms with van der Waals surface area (Å²) in [6, 6.07) is 3.98. The van der Waals surface area contributed by atoms with E-state index in [1.54, 1.807) is 31.6 Å². The van der Waals surface area contributed by atoms with Crippen molar-refractivity contribution in [2.75, 3.05) is 7.05 Å². The lowest BCUT2D eigenvalue weighted by atomic mass is 10.0. The van der Waals surface area contributed by atoms with Gasteiger partial charge in [-0.25, -0.2) is 0 Å². The minimum atomic E-state index is 0.889. The molecule has 0 spiro atoms. The molecule has 16 heavy (non-hydrogen) atoms. The molecular formula is C14H16N2. The number of hydrogen-bond donors (Lipinski definition) is 0. The number of aliphatic imine (C=N–C) groups is 2. The van der Waals surface area contributed by atoms with Crippen LogP contribution >= 0.6 is 0 Å². The molecule has 0 aromatic heterocycles. The van der Waals surface area contributed by atoms with Gasteiger partial charge in [-0.3, -0.25) is 9.98 Å². The summed E-state index contributed by atoms with van der Waals surface area (Å²) in [5.74, 6) is 0. The lowest BCUT2D eigenvalue weighted by Crippen LogP contribution is -1.91. The molecule has 1 aromatic carbocycles. The van der Waals surface area contributed by atoms with Gasteiger partial charge in [-0.2, -0.15) is 0 Å². The largest absolute Gasteiger partial charge is 0.296 e. The molecule has 2 nitrogen and oxygen atoms in total. The summed E-state index contributed by atoms with van der Waals surface area (Å²) in [4.78, 5) is 8.42. The number of benzene rings is 1. The van der Waals surface area contributed by atoms with Gasteiger partial charge in [-0.15, -0.1) is 0 Å². The van der Waals surface area contributed by atoms with E-state index in [0.717, 1.165) is 22.4 Å². The summed E-state index contributed by atoms with van der Waals surface area (Å²) in [5.41, 5.74) is 3.89. The molecule has 1 rings (SSSR count). The predicted molar refractivity (Wildman–Crippen MR) is 74.0 cm³/mol. The third-order valence-corrected chi connectivity index (χ3v) is 2.24. The highest BCUT2D eigenvalue weighted by Crippen LogP contribution is 2.28. The van der Waals surface area contributed by atoms with E-state index in [0.29, 0.717) is 0 Å². The third-order valence-electron chi connectivity index (χ3n) is 2.24. The van der Waals surface area contributed by atoms with Crippen LogP contribution in [-0.2, 0) is 0 Å². The van der Waals surface area contributed by atoms with Gasteiger partial charge >= 0.3 is 0 Å². The van der Waals surface area contributed by atoms with Crippen molar-refractivity contribution in [2.24, 2.45) is 9.98 Å². The van der Waals surface area contributed by atoms with Gasteiger partial charge in [0.25, 0.3) is 0 Å². The Balaban J connectivity index is 3.58. The van der Waals surface area contributed by atoms with E-state index in [1.165, 1.54) is 0 Å². The van der Waals surface area contributed by atoms with Crippen LogP contribution in [0.2, 0.25) is 0 Å². The first-order valence-corrected chi connectivity index (χ1v) is 5.11. The Morgan fingerprint density at radius 2 is 1.75 bits per heavy atom. The normalized spacial score (nSPS) is 11.1. The molecule has 1 aromatic rings. The summed E-state index contributed by atoms with van der Waals surface area (Å²) in [5, 5.41) is 0. The second-order valence-corrected chi connectivity index (χ2v) is 3.19. The minimum Gasteiger partial charge on any atom is -0.296 e. The molecule has 0 saturated heterocycles. The average molecular weight is 212 g/mol. The molecule has 0 bridgehead atoms. The standard InChI is InChI=1S/C14H16N2/c1-5-11-8-9-12(6-2)14(16-7-3)13(11)10-15-4/h5-10H,1-2H2,3-4H3/b15-10-,16-7-. The van der Waals surface area contributed by atoms with E-state index in [9.17, 15) is 0 Å². The molecule has 0 aliphatic rings. The van der Waals surface area contributed by atoms with E-state index < -0.39 is 0 Å². The fourth-order valence-electron chi connectivity index (χ4n) is 1.52. The van der Waals surface area contributed by atoms with Gasteiger partial charge < -0.3 is 0 Å². The van der Waals surface area contributed by atoms with Crippen molar-refractivity contribution >= 4 is 30.3 Å². The van der Waals surface area contributed by atoms with Crippen LogP contribution in [0.4, 0.5) is 5.69 Å². The maximum Gasteiger partial charge on any atom is 0.0791 e. The maximum atomic E-state index is 4.37. The van der Waals surface area contributed by atoms with Crippen LogP contribution in [0.3, 0.4) is 0 Å². The molecule has 2 heteroatoms. The molecule has 0 aliphatic heterocycles. The third kappa shape index (κ3) is 2.34.